The van der Waals surface area contributed by atoms with Crippen LogP contribution in [0.2, 0.25) is 0 Å². The molecule has 0 saturated carbocycles. The number of carbonyl (C=O) groups excluding carboxylic acids is 1. The number of amides is 1. The van der Waals surface area contributed by atoms with Crippen molar-refractivity contribution in [3.63, 3.8) is 0 Å². The van der Waals surface area contributed by atoms with E-state index in [9.17, 15) is 13.2 Å². The van der Waals surface area contributed by atoms with Crippen molar-refractivity contribution in [3.05, 3.63) is 88.4 Å². The van der Waals surface area contributed by atoms with Gasteiger partial charge >= 0.3 is 0 Å². The molecule has 1 heterocycles. The molecule has 0 aliphatic carbocycles. The Balaban J connectivity index is 1.49. The van der Waals surface area contributed by atoms with Gasteiger partial charge in [-0.3, -0.25) is 9.10 Å². The highest BCUT2D eigenvalue weighted by Gasteiger charge is 2.28. The number of benzene rings is 3. The molecule has 6 nitrogen and oxygen atoms in total. The molecular weight excluding hydrogens is 550 g/mol. The average Bonchev–Trinajstić information content (AvgIpc) is 2.88. The van der Waals surface area contributed by atoms with E-state index in [0.29, 0.717) is 11.6 Å². The summed E-state index contributed by atoms with van der Waals surface area (Å²) in [5.41, 5.74) is 3.55. The number of anilines is 2. The number of halogens is 1. The van der Waals surface area contributed by atoms with E-state index in [1.54, 1.807) is 48.5 Å². The van der Waals surface area contributed by atoms with Gasteiger partial charge in [-0.1, -0.05) is 52.7 Å². The molecule has 0 radical (unpaired) electrons. The normalized spacial score (nSPS) is 16.8. The monoisotopic (exact) mass is 583 g/mol. The molecule has 1 aliphatic rings. The highest BCUT2D eigenvalue weighted by molar-refractivity contribution is 9.10. The van der Waals surface area contributed by atoms with Crippen LogP contribution in [0.1, 0.15) is 43.9 Å². The topological polar surface area (TPSA) is 69.7 Å². The maximum Gasteiger partial charge on any atom is 0.264 e. The summed E-state index contributed by atoms with van der Waals surface area (Å²) in [5, 5.41) is 2.98. The number of piperidine rings is 1. The van der Waals surface area contributed by atoms with E-state index in [0.717, 1.165) is 33.0 Å². The molecule has 0 bridgehead atoms. The van der Waals surface area contributed by atoms with Crippen LogP contribution in [0, 0.1) is 12.8 Å². The standard InChI is InChI=1S/C29H34BrN3O3S/c1-21-6-16-28(17-7-21)37(35,36)33(27-14-10-25(30)11-15-27)20-29(34)31-23(3)24-8-12-26(13-9-24)32-18-4-5-22(2)19-32/h6-17,22-23H,4-5,18-20H2,1-3H3,(H,31,34). The molecule has 1 N–H and O–H groups in total. The molecule has 196 valence electrons. The van der Waals surface area contributed by atoms with Gasteiger partial charge in [0.05, 0.1) is 16.6 Å². The number of carbonyl (C=O) groups is 1. The number of hydrogen-bond donors (Lipinski definition) is 1. The molecule has 8 heteroatoms. The van der Waals surface area contributed by atoms with E-state index in [1.807, 2.05) is 26.0 Å². The van der Waals surface area contributed by atoms with Crippen molar-refractivity contribution in [2.45, 2.75) is 44.6 Å². The minimum absolute atomic E-state index is 0.143. The van der Waals surface area contributed by atoms with Crippen molar-refractivity contribution in [2.75, 3.05) is 28.8 Å². The van der Waals surface area contributed by atoms with Gasteiger partial charge in [-0.05, 0) is 86.7 Å². The quantitative estimate of drug-likeness (QED) is 0.349. The van der Waals surface area contributed by atoms with Gasteiger partial charge in [-0.25, -0.2) is 8.42 Å². The average molecular weight is 585 g/mol. The first kappa shape index (κ1) is 27.2. The summed E-state index contributed by atoms with van der Waals surface area (Å²) < 4.78 is 29.1. The third-order valence-corrected chi connectivity index (χ3v) is 9.12. The lowest BCUT2D eigenvalue weighted by atomic mass is 9.99. The van der Waals surface area contributed by atoms with Crippen molar-refractivity contribution in [1.82, 2.24) is 5.32 Å². The second kappa shape index (κ2) is 11.7. The maximum atomic E-state index is 13.6. The van der Waals surface area contributed by atoms with Gasteiger partial charge in [-0.2, -0.15) is 0 Å². The zero-order chi connectivity index (χ0) is 26.6. The predicted octanol–water partition coefficient (Wildman–Crippen LogP) is 6.07. The van der Waals surface area contributed by atoms with Gasteiger partial charge in [0.25, 0.3) is 10.0 Å². The molecule has 1 saturated heterocycles. The first-order valence-corrected chi connectivity index (χ1v) is 14.9. The third-order valence-electron chi connectivity index (χ3n) is 6.80. The zero-order valence-corrected chi connectivity index (χ0v) is 23.9. The highest BCUT2D eigenvalue weighted by atomic mass is 79.9. The lowest BCUT2D eigenvalue weighted by Gasteiger charge is -2.33. The van der Waals surface area contributed by atoms with Crippen LogP contribution in [0.25, 0.3) is 0 Å². The first-order valence-electron chi connectivity index (χ1n) is 12.6. The van der Waals surface area contributed by atoms with Crippen LogP contribution in [0.3, 0.4) is 0 Å². The maximum absolute atomic E-state index is 13.6. The summed E-state index contributed by atoms with van der Waals surface area (Å²) in [7, 11) is -3.95. The van der Waals surface area contributed by atoms with Crippen molar-refractivity contribution >= 4 is 43.2 Å². The lowest BCUT2D eigenvalue weighted by molar-refractivity contribution is -0.120. The number of sulfonamides is 1. The summed E-state index contributed by atoms with van der Waals surface area (Å²) in [6.45, 7) is 7.90. The molecule has 1 aliphatic heterocycles. The van der Waals surface area contributed by atoms with Crippen molar-refractivity contribution in [2.24, 2.45) is 5.92 Å². The van der Waals surface area contributed by atoms with Crippen LogP contribution < -0.4 is 14.5 Å². The molecule has 4 rings (SSSR count). The number of hydrogen-bond acceptors (Lipinski definition) is 4. The van der Waals surface area contributed by atoms with Crippen LogP contribution in [-0.2, 0) is 14.8 Å². The smallest absolute Gasteiger partial charge is 0.264 e. The van der Waals surface area contributed by atoms with Gasteiger partial charge in [0.1, 0.15) is 6.54 Å². The third kappa shape index (κ3) is 6.73. The van der Waals surface area contributed by atoms with E-state index in [4.69, 9.17) is 0 Å². The van der Waals surface area contributed by atoms with Crippen LogP contribution in [-0.4, -0.2) is 34.0 Å². The minimum Gasteiger partial charge on any atom is -0.371 e. The molecule has 2 atom stereocenters. The highest BCUT2D eigenvalue weighted by Crippen LogP contribution is 2.27. The summed E-state index contributed by atoms with van der Waals surface area (Å²) in [6, 6.07) is 21.6. The van der Waals surface area contributed by atoms with E-state index in [2.05, 4.69) is 45.2 Å². The van der Waals surface area contributed by atoms with Crippen LogP contribution in [0.4, 0.5) is 11.4 Å². The number of rotatable bonds is 8. The van der Waals surface area contributed by atoms with Crippen LogP contribution in [0.5, 0.6) is 0 Å². The van der Waals surface area contributed by atoms with Crippen molar-refractivity contribution in [3.8, 4) is 0 Å². The minimum atomic E-state index is -3.95. The largest absolute Gasteiger partial charge is 0.371 e. The van der Waals surface area contributed by atoms with Crippen LogP contribution in [0.15, 0.2) is 82.2 Å². The van der Waals surface area contributed by atoms with E-state index < -0.39 is 10.0 Å². The Hall–Kier alpha value is -2.84. The van der Waals surface area contributed by atoms with Crippen molar-refractivity contribution < 1.29 is 13.2 Å². The zero-order valence-electron chi connectivity index (χ0n) is 21.5. The van der Waals surface area contributed by atoms with Gasteiger partial charge in [0.15, 0.2) is 0 Å². The van der Waals surface area contributed by atoms with Gasteiger partial charge in [0.2, 0.25) is 5.91 Å². The summed E-state index contributed by atoms with van der Waals surface area (Å²) >= 11 is 3.39. The molecule has 2 unspecified atom stereocenters. The second-order valence-corrected chi connectivity index (χ2v) is 12.7. The summed E-state index contributed by atoms with van der Waals surface area (Å²) in [4.78, 5) is 15.7. The Morgan fingerprint density at radius 2 is 1.70 bits per heavy atom. The Labute approximate surface area is 228 Å². The SMILES string of the molecule is Cc1ccc(S(=O)(=O)N(CC(=O)NC(C)c2ccc(N3CCCC(C)C3)cc2)c2ccc(Br)cc2)cc1. The Bertz CT molecular complexity index is 1310. The summed E-state index contributed by atoms with van der Waals surface area (Å²) in [6.07, 6.45) is 2.48. The second-order valence-electron chi connectivity index (χ2n) is 9.88. The molecule has 3 aromatic carbocycles. The molecule has 37 heavy (non-hydrogen) atoms. The lowest BCUT2D eigenvalue weighted by Crippen LogP contribution is -2.41. The number of aryl methyl sites for hydroxylation is 1. The first-order chi connectivity index (χ1) is 17.6. The van der Waals surface area contributed by atoms with E-state index in [1.165, 1.54) is 18.5 Å². The van der Waals surface area contributed by atoms with Gasteiger partial charge in [-0.15, -0.1) is 0 Å². The predicted molar refractivity (Wildman–Crippen MR) is 153 cm³/mol. The Morgan fingerprint density at radius 1 is 1.05 bits per heavy atom. The Kier molecular flexibility index (Phi) is 8.60. The van der Waals surface area contributed by atoms with Gasteiger partial charge < -0.3 is 10.2 Å². The van der Waals surface area contributed by atoms with E-state index >= 15 is 0 Å². The Morgan fingerprint density at radius 3 is 2.32 bits per heavy atom. The molecule has 3 aromatic rings. The molecule has 1 amide bonds. The van der Waals surface area contributed by atoms with E-state index in [-0.39, 0.29) is 23.4 Å². The number of nitrogens with one attached hydrogen (secondary N) is 1. The van der Waals surface area contributed by atoms with Gasteiger partial charge in [0, 0.05) is 23.2 Å². The fraction of sp³-hybridized carbons (Fsp3) is 0.345. The van der Waals surface area contributed by atoms with Crippen LogP contribution >= 0.6 is 15.9 Å². The fourth-order valence-electron chi connectivity index (χ4n) is 4.66. The molecule has 0 spiro atoms. The fourth-order valence-corrected chi connectivity index (χ4v) is 6.34. The molecule has 0 aromatic heterocycles. The molecular formula is C29H34BrN3O3S. The number of nitrogens with zero attached hydrogens (tertiary/aromatic N) is 2. The molecule has 1 fully saturated rings. The summed E-state index contributed by atoms with van der Waals surface area (Å²) in [5.74, 6) is 0.316. The van der Waals surface area contributed by atoms with Crippen molar-refractivity contribution in [1.29, 1.82) is 0 Å².